The van der Waals surface area contributed by atoms with Gasteiger partial charge in [-0.25, -0.2) is 8.42 Å². The number of hydrogen-bond acceptors (Lipinski definition) is 4. The fraction of sp³-hybridized carbons (Fsp3) is 0.696. The molecule has 1 aromatic rings. The number of hydrogen-bond donors (Lipinski definition) is 2. The first kappa shape index (κ1) is 20.3. The van der Waals surface area contributed by atoms with Gasteiger partial charge in [-0.3, -0.25) is 4.79 Å². The quantitative estimate of drug-likeness (QED) is 0.748. The summed E-state index contributed by atoms with van der Waals surface area (Å²) in [6.45, 7) is 0.860. The number of benzene rings is 1. The first-order valence-corrected chi connectivity index (χ1v) is 12.9. The Morgan fingerprint density at radius 1 is 1.03 bits per heavy atom. The van der Waals surface area contributed by atoms with E-state index in [0.29, 0.717) is 30.8 Å². The highest BCUT2D eigenvalue weighted by Crippen LogP contribution is 2.60. The molecule has 30 heavy (non-hydrogen) atoms. The Hall–Kier alpha value is -1.60. The summed E-state index contributed by atoms with van der Waals surface area (Å²) >= 11 is 0. The molecule has 6 nitrogen and oxygen atoms in total. The minimum absolute atomic E-state index is 0.0481. The van der Waals surface area contributed by atoms with Crippen LogP contribution < -0.4 is 5.32 Å². The number of nitrogens with one attached hydrogen (secondary N) is 1. The minimum Gasteiger partial charge on any atom is -0.508 e. The summed E-state index contributed by atoms with van der Waals surface area (Å²) in [5, 5.41) is 12.7. The van der Waals surface area contributed by atoms with Crippen LogP contribution in [0.15, 0.2) is 29.2 Å². The van der Waals surface area contributed by atoms with Gasteiger partial charge in [0.15, 0.2) is 0 Å². The van der Waals surface area contributed by atoms with Gasteiger partial charge >= 0.3 is 0 Å². The molecule has 2 N–H and O–H groups in total. The number of sulfonamides is 1. The zero-order valence-corrected chi connectivity index (χ0v) is 18.2. The van der Waals surface area contributed by atoms with Crippen molar-refractivity contribution in [2.75, 3.05) is 13.1 Å². The van der Waals surface area contributed by atoms with Crippen LogP contribution in [-0.2, 0) is 14.8 Å². The lowest BCUT2D eigenvalue weighted by molar-refractivity contribution is -0.146. The molecular formula is C23H32N2O4S. The molecule has 0 spiro atoms. The van der Waals surface area contributed by atoms with Crippen molar-refractivity contribution in [3.8, 4) is 5.75 Å². The average Bonchev–Trinajstić information content (AvgIpc) is 2.71. The van der Waals surface area contributed by atoms with Gasteiger partial charge in [-0.15, -0.1) is 0 Å². The normalized spacial score (nSPS) is 36.0. The van der Waals surface area contributed by atoms with Gasteiger partial charge in [0.05, 0.1) is 4.90 Å². The van der Waals surface area contributed by atoms with Gasteiger partial charge in [0.25, 0.3) is 0 Å². The SMILES string of the molecule is O=C(NCC1CCCCN1S(=O)(=O)c1ccc(O)cc1)C12CC3CC(CC(C3)C1)C2. The number of phenolic OH excluding ortho intramolecular Hbond substituents is 1. The highest BCUT2D eigenvalue weighted by molar-refractivity contribution is 7.89. The van der Waals surface area contributed by atoms with Crippen molar-refractivity contribution in [1.82, 2.24) is 9.62 Å². The van der Waals surface area contributed by atoms with Crippen molar-refractivity contribution in [1.29, 1.82) is 0 Å². The Morgan fingerprint density at radius 3 is 2.23 bits per heavy atom. The van der Waals surface area contributed by atoms with E-state index in [2.05, 4.69) is 5.32 Å². The number of rotatable bonds is 5. The molecule has 4 saturated carbocycles. The first-order chi connectivity index (χ1) is 14.4. The lowest BCUT2D eigenvalue weighted by atomic mass is 9.49. The van der Waals surface area contributed by atoms with Crippen LogP contribution >= 0.6 is 0 Å². The maximum absolute atomic E-state index is 13.3. The fourth-order valence-corrected chi connectivity index (χ4v) is 8.73. The molecule has 0 radical (unpaired) electrons. The zero-order chi connectivity index (χ0) is 20.9. The van der Waals surface area contributed by atoms with E-state index in [0.717, 1.165) is 38.5 Å². The number of carbonyl (C=O) groups is 1. The predicted molar refractivity (Wildman–Crippen MR) is 113 cm³/mol. The third-order valence-corrected chi connectivity index (χ3v) is 10.0. The number of aromatic hydroxyl groups is 1. The molecule has 1 unspecified atom stereocenters. The molecule has 4 bridgehead atoms. The molecule has 1 atom stereocenters. The lowest BCUT2D eigenvalue weighted by Gasteiger charge is -2.55. The molecule has 4 aliphatic carbocycles. The number of amides is 1. The third-order valence-electron chi connectivity index (χ3n) is 8.03. The van der Waals surface area contributed by atoms with Gasteiger partial charge in [-0.2, -0.15) is 4.31 Å². The minimum atomic E-state index is -3.65. The number of nitrogens with zero attached hydrogens (tertiary/aromatic N) is 1. The Labute approximate surface area is 179 Å². The summed E-state index contributed by atoms with van der Waals surface area (Å²) in [7, 11) is -3.65. The van der Waals surface area contributed by atoms with Crippen LogP contribution in [0.25, 0.3) is 0 Å². The highest BCUT2D eigenvalue weighted by Gasteiger charge is 2.54. The molecular weight excluding hydrogens is 400 g/mol. The van der Waals surface area contributed by atoms with Crippen LogP contribution in [-0.4, -0.2) is 42.9 Å². The van der Waals surface area contributed by atoms with Crippen LogP contribution in [0.5, 0.6) is 5.75 Å². The van der Waals surface area contributed by atoms with Gasteiger partial charge in [-0.05, 0) is 93.4 Å². The van der Waals surface area contributed by atoms with Crippen molar-refractivity contribution in [3.63, 3.8) is 0 Å². The van der Waals surface area contributed by atoms with E-state index in [-0.39, 0.29) is 28.0 Å². The molecule has 1 aliphatic heterocycles. The summed E-state index contributed by atoms with van der Waals surface area (Å²) in [6, 6.07) is 5.49. The van der Waals surface area contributed by atoms with Gasteiger partial charge in [0.1, 0.15) is 5.75 Å². The van der Waals surface area contributed by atoms with Crippen molar-refractivity contribution < 1.29 is 18.3 Å². The van der Waals surface area contributed by atoms with Crippen LogP contribution in [0.4, 0.5) is 0 Å². The number of carbonyl (C=O) groups excluding carboxylic acids is 1. The first-order valence-electron chi connectivity index (χ1n) is 11.4. The maximum atomic E-state index is 13.3. The van der Waals surface area contributed by atoms with Crippen LogP contribution in [0.3, 0.4) is 0 Å². The van der Waals surface area contributed by atoms with E-state index in [4.69, 9.17) is 0 Å². The molecule has 5 aliphatic rings. The van der Waals surface area contributed by atoms with Crippen molar-refractivity contribution >= 4 is 15.9 Å². The number of phenols is 1. The molecule has 5 fully saturated rings. The molecule has 1 heterocycles. The molecule has 0 aromatic heterocycles. The summed E-state index contributed by atoms with van der Waals surface area (Å²) in [4.78, 5) is 13.5. The number of piperidine rings is 1. The zero-order valence-electron chi connectivity index (χ0n) is 17.4. The molecule has 1 saturated heterocycles. The fourth-order valence-electron chi connectivity index (χ4n) is 7.03. The van der Waals surface area contributed by atoms with Crippen LogP contribution in [0, 0.1) is 23.2 Å². The second-order valence-corrected chi connectivity index (χ2v) is 12.1. The smallest absolute Gasteiger partial charge is 0.243 e. The van der Waals surface area contributed by atoms with E-state index < -0.39 is 10.0 Å². The van der Waals surface area contributed by atoms with Crippen molar-refractivity contribution in [2.45, 2.75) is 68.7 Å². The Bertz CT molecular complexity index is 876. The maximum Gasteiger partial charge on any atom is 0.243 e. The third kappa shape index (κ3) is 3.54. The van der Waals surface area contributed by atoms with E-state index >= 15 is 0 Å². The Kier molecular flexibility index (Phi) is 5.09. The standard InChI is InChI=1S/C23H32N2O4S/c26-20-4-6-21(7-5-20)30(28,29)25-8-2-1-3-19(25)15-24-22(27)23-12-16-9-17(13-23)11-18(10-16)14-23/h4-7,16-19,26H,1-3,8-15H2,(H,24,27). The second kappa shape index (κ2) is 7.52. The molecule has 1 amide bonds. The van der Waals surface area contributed by atoms with Crippen LogP contribution in [0.2, 0.25) is 0 Å². The predicted octanol–water partition coefficient (Wildman–Crippen LogP) is 3.27. The van der Waals surface area contributed by atoms with Crippen molar-refractivity contribution in [2.24, 2.45) is 23.2 Å². The second-order valence-electron chi connectivity index (χ2n) is 10.2. The average molecular weight is 433 g/mol. The summed E-state index contributed by atoms with van der Waals surface area (Å²) in [5.74, 6) is 2.34. The van der Waals surface area contributed by atoms with E-state index in [1.165, 1.54) is 43.5 Å². The summed E-state index contributed by atoms with van der Waals surface area (Å²) in [6.07, 6.45) is 9.52. The van der Waals surface area contributed by atoms with Gasteiger partial charge in [0, 0.05) is 24.5 Å². The molecule has 1 aromatic carbocycles. The summed E-state index contributed by atoms with van der Waals surface area (Å²) < 4.78 is 28.0. The van der Waals surface area contributed by atoms with Gasteiger partial charge in [-0.1, -0.05) is 6.42 Å². The van der Waals surface area contributed by atoms with Gasteiger partial charge in [0.2, 0.25) is 15.9 Å². The molecule has 164 valence electrons. The van der Waals surface area contributed by atoms with Crippen LogP contribution in [0.1, 0.15) is 57.8 Å². The van der Waals surface area contributed by atoms with Crippen molar-refractivity contribution in [3.05, 3.63) is 24.3 Å². The highest BCUT2D eigenvalue weighted by atomic mass is 32.2. The molecule has 6 rings (SSSR count). The van der Waals surface area contributed by atoms with Gasteiger partial charge < -0.3 is 10.4 Å². The Morgan fingerprint density at radius 2 is 1.63 bits per heavy atom. The Balaban J connectivity index is 1.29. The summed E-state index contributed by atoms with van der Waals surface area (Å²) in [5.41, 5.74) is -0.204. The van der Waals surface area contributed by atoms with E-state index in [1.54, 1.807) is 4.31 Å². The molecule has 7 heteroatoms. The van der Waals surface area contributed by atoms with E-state index in [9.17, 15) is 18.3 Å². The topological polar surface area (TPSA) is 86.7 Å². The van der Waals surface area contributed by atoms with E-state index in [1.807, 2.05) is 0 Å². The largest absolute Gasteiger partial charge is 0.508 e. The monoisotopic (exact) mass is 432 g/mol. The lowest BCUT2D eigenvalue weighted by Crippen LogP contribution is -2.56.